The van der Waals surface area contributed by atoms with Gasteiger partial charge in [-0.3, -0.25) is 0 Å². The van der Waals surface area contributed by atoms with Crippen molar-refractivity contribution in [2.75, 3.05) is 20.2 Å². The molecule has 3 nitrogen and oxygen atoms in total. The smallest absolute Gasteiger partial charge is 0.149 e. The van der Waals surface area contributed by atoms with E-state index in [0.29, 0.717) is 24.4 Å². The summed E-state index contributed by atoms with van der Waals surface area (Å²) in [4.78, 5) is 4.95. The highest BCUT2D eigenvalue weighted by atomic mass is 35.5. The van der Waals surface area contributed by atoms with Crippen molar-refractivity contribution in [3.05, 3.63) is 46.4 Å². The third kappa shape index (κ3) is 3.13. The van der Waals surface area contributed by atoms with Gasteiger partial charge in [-0.1, -0.05) is 18.5 Å². The molecular formula is C20H22ClFN2O. The molecule has 0 spiro atoms. The van der Waals surface area contributed by atoms with Crippen LogP contribution < -0.4 is 10.1 Å². The third-order valence-corrected chi connectivity index (χ3v) is 5.51. The fourth-order valence-electron chi connectivity index (χ4n) is 3.65. The van der Waals surface area contributed by atoms with Crippen LogP contribution in [0.15, 0.2) is 24.3 Å². The zero-order valence-electron chi connectivity index (χ0n) is 14.5. The van der Waals surface area contributed by atoms with Gasteiger partial charge in [-0.2, -0.15) is 0 Å². The number of aromatic nitrogens is 1. The number of benzene rings is 1. The molecule has 4 rings (SSSR count). The Balaban J connectivity index is 1.85. The predicted octanol–water partition coefficient (Wildman–Crippen LogP) is 4.75. The highest BCUT2D eigenvalue weighted by Crippen LogP contribution is 2.46. The molecule has 0 radical (unpaired) electrons. The Kier molecular flexibility index (Phi) is 4.42. The first-order chi connectivity index (χ1) is 12.1. The number of fused-ring (bicyclic) bond motifs is 1. The lowest BCUT2D eigenvalue weighted by atomic mass is 9.93. The van der Waals surface area contributed by atoms with Crippen molar-refractivity contribution < 1.29 is 9.13 Å². The third-order valence-electron chi connectivity index (χ3n) is 5.22. The molecule has 2 atom stereocenters. The summed E-state index contributed by atoms with van der Waals surface area (Å²) in [7, 11) is 1.98. The number of nitrogens with zero attached hydrogens (tertiary/aromatic N) is 1. The lowest BCUT2D eigenvalue weighted by Crippen LogP contribution is -2.20. The molecule has 132 valence electrons. The number of rotatable bonds is 5. The molecule has 1 aliphatic carbocycles. The molecular weight excluding hydrogens is 339 g/mol. The first-order valence-corrected chi connectivity index (χ1v) is 9.24. The molecule has 1 saturated carbocycles. The summed E-state index contributed by atoms with van der Waals surface area (Å²) in [5.74, 6) is 1.83. The van der Waals surface area contributed by atoms with Crippen molar-refractivity contribution >= 4 is 11.6 Å². The van der Waals surface area contributed by atoms with Crippen LogP contribution in [0, 0.1) is 11.7 Å². The van der Waals surface area contributed by atoms with Crippen LogP contribution in [0.2, 0.25) is 5.02 Å². The topological polar surface area (TPSA) is 34.2 Å². The van der Waals surface area contributed by atoms with Crippen molar-refractivity contribution in [3.63, 3.8) is 0 Å². The zero-order chi connectivity index (χ0) is 17.6. The Hall–Kier alpha value is -1.65. The van der Waals surface area contributed by atoms with Crippen LogP contribution in [-0.2, 0) is 0 Å². The van der Waals surface area contributed by atoms with Gasteiger partial charge in [0.15, 0.2) is 0 Å². The minimum Gasteiger partial charge on any atom is -0.490 e. The van der Waals surface area contributed by atoms with E-state index < -0.39 is 5.82 Å². The minimum atomic E-state index is -0.418. The van der Waals surface area contributed by atoms with Crippen LogP contribution in [0.25, 0.3) is 11.3 Å². The van der Waals surface area contributed by atoms with E-state index in [1.165, 1.54) is 24.5 Å². The number of hydrogen-bond acceptors (Lipinski definition) is 3. The first-order valence-electron chi connectivity index (χ1n) is 8.86. The van der Waals surface area contributed by atoms with E-state index in [1.54, 1.807) is 12.1 Å². The van der Waals surface area contributed by atoms with Crippen molar-refractivity contribution in [1.82, 2.24) is 10.3 Å². The number of likely N-dealkylation sites (N-methyl/N-ethyl adjacent to an activating group) is 1. The minimum absolute atomic E-state index is 0.110. The van der Waals surface area contributed by atoms with E-state index in [1.807, 2.05) is 7.05 Å². The van der Waals surface area contributed by atoms with Gasteiger partial charge in [-0.25, -0.2) is 9.37 Å². The fraction of sp³-hybridized carbons (Fsp3) is 0.450. The molecule has 5 heteroatoms. The number of halogens is 2. The number of ether oxygens (including phenoxy) is 1. The molecule has 0 saturated heterocycles. The van der Waals surface area contributed by atoms with Crippen LogP contribution in [0.1, 0.15) is 42.9 Å². The standard InChI is InChI=1S/C20H22ClFN2O/c1-11-10-25-20-14(11)8-18(15(9-23-2)12-3-4-12)24-19(20)13-5-6-17(22)16(21)7-13/h5-8,11-12,15,23H,3-4,9-10H2,1-2H3. The molecule has 1 aliphatic heterocycles. The van der Waals surface area contributed by atoms with Crippen molar-refractivity contribution in [1.29, 1.82) is 0 Å². The predicted molar refractivity (Wildman–Crippen MR) is 97.9 cm³/mol. The zero-order valence-corrected chi connectivity index (χ0v) is 15.2. The van der Waals surface area contributed by atoms with Crippen LogP contribution >= 0.6 is 11.6 Å². The molecule has 1 fully saturated rings. The maximum absolute atomic E-state index is 13.6. The average molecular weight is 361 g/mol. The Bertz CT molecular complexity index is 807. The summed E-state index contributed by atoms with van der Waals surface area (Å²) in [6.45, 7) is 3.74. The Labute approximate surface area is 152 Å². The van der Waals surface area contributed by atoms with Crippen molar-refractivity contribution in [2.45, 2.75) is 31.6 Å². The molecule has 1 N–H and O–H groups in total. The summed E-state index contributed by atoms with van der Waals surface area (Å²) in [6, 6.07) is 6.97. The van der Waals surface area contributed by atoms with Gasteiger partial charge in [-0.05, 0) is 50.1 Å². The Morgan fingerprint density at radius 1 is 1.36 bits per heavy atom. The Morgan fingerprint density at radius 2 is 2.16 bits per heavy atom. The van der Waals surface area contributed by atoms with Gasteiger partial charge in [0.2, 0.25) is 0 Å². The largest absolute Gasteiger partial charge is 0.490 e. The summed E-state index contributed by atoms with van der Waals surface area (Å²) in [5.41, 5.74) is 3.88. The fourth-order valence-corrected chi connectivity index (χ4v) is 3.83. The lowest BCUT2D eigenvalue weighted by Gasteiger charge is -2.19. The normalized spacial score (nSPS) is 20.2. The second-order valence-corrected chi connectivity index (χ2v) is 7.56. The molecule has 2 heterocycles. The quantitative estimate of drug-likeness (QED) is 0.835. The van der Waals surface area contributed by atoms with E-state index in [4.69, 9.17) is 21.3 Å². The number of nitrogens with one attached hydrogen (secondary N) is 1. The number of pyridine rings is 1. The van der Waals surface area contributed by atoms with Gasteiger partial charge in [0.1, 0.15) is 17.3 Å². The van der Waals surface area contributed by atoms with E-state index in [-0.39, 0.29) is 5.02 Å². The van der Waals surface area contributed by atoms with E-state index in [9.17, 15) is 4.39 Å². The summed E-state index contributed by atoms with van der Waals surface area (Å²) in [5, 5.41) is 3.41. The van der Waals surface area contributed by atoms with Gasteiger partial charge in [-0.15, -0.1) is 0 Å². The van der Waals surface area contributed by atoms with Crippen LogP contribution in [-0.4, -0.2) is 25.2 Å². The average Bonchev–Trinajstić information content (AvgIpc) is 3.38. The first kappa shape index (κ1) is 16.8. The van der Waals surface area contributed by atoms with Gasteiger partial charge in [0, 0.05) is 35.2 Å². The lowest BCUT2D eigenvalue weighted by molar-refractivity contribution is 0.337. The number of hydrogen-bond donors (Lipinski definition) is 1. The van der Waals surface area contributed by atoms with E-state index in [2.05, 4.69) is 18.3 Å². The van der Waals surface area contributed by atoms with Gasteiger partial charge in [0.25, 0.3) is 0 Å². The highest BCUT2D eigenvalue weighted by molar-refractivity contribution is 6.31. The van der Waals surface area contributed by atoms with Crippen LogP contribution in [0.4, 0.5) is 4.39 Å². The van der Waals surface area contributed by atoms with E-state index >= 15 is 0 Å². The maximum Gasteiger partial charge on any atom is 0.149 e. The second kappa shape index (κ2) is 6.58. The van der Waals surface area contributed by atoms with Crippen molar-refractivity contribution in [3.8, 4) is 17.0 Å². The molecule has 0 amide bonds. The second-order valence-electron chi connectivity index (χ2n) is 7.16. The maximum atomic E-state index is 13.6. The SMILES string of the molecule is CNCC(c1cc2c(c(-c3ccc(F)c(Cl)c3)n1)OCC2C)C1CC1. The molecule has 2 aromatic rings. The van der Waals surface area contributed by atoms with Crippen LogP contribution in [0.5, 0.6) is 5.75 Å². The van der Waals surface area contributed by atoms with Gasteiger partial charge < -0.3 is 10.1 Å². The van der Waals surface area contributed by atoms with Crippen LogP contribution in [0.3, 0.4) is 0 Å². The molecule has 25 heavy (non-hydrogen) atoms. The molecule has 1 aromatic carbocycles. The summed E-state index contributed by atoms with van der Waals surface area (Å²) < 4.78 is 19.5. The van der Waals surface area contributed by atoms with E-state index in [0.717, 1.165) is 29.2 Å². The molecule has 1 aromatic heterocycles. The Morgan fingerprint density at radius 3 is 2.84 bits per heavy atom. The molecule has 2 unspecified atom stereocenters. The highest BCUT2D eigenvalue weighted by Gasteiger charge is 2.35. The summed E-state index contributed by atoms with van der Waals surface area (Å²) in [6.07, 6.45) is 2.52. The van der Waals surface area contributed by atoms with Crippen molar-refractivity contribution in [2.24, 2.45) is 5.92 Å². The molecule has 0 bridgehead atoms. The monoisotopic (exact) mass is 360 g/mol. The van der Waals surface area contributed by atoms with Gasteiger partial charge >= 0.3 is 0 Å². The molecule has 2 aliphatic rings. The van der Waals surface area contributed by atoms with Gasteiger partial charge in [0.05, 0.1) is 11.6 Å². The summed E-state index contributed by atoms with van der Waals surface area (Å²) >= 11 is 6.00.